The third kappa shape index (κ3) is 1.55. The van der Waals surface area contributed by atoms with E-state index >= 15 is 0 Å². The first-order valence-electron chi connectivity index (χ1n) is 4.75. The highest BCUT2D eigenvalue weighted by atomic mass is 15.3. The van der Waals surface area contributed by atoms with Crippen LogP contribution in [0.3, 0.4) is 0 Å². The van der Waals surface area contributed by atoms with E-state index in [4.69, 9.17) is 0 Å². The molecule has 0 aromatic carbocycles. The highest BCUT2D eigenvalue weighted by molar-refractivity contribution is 5.49. The van der Waals surface area contributed by atoms with E-state index < -0.39 is 0 Å². The summed E-state index contributed by atoms with van der Waals surface area (Å²) in [5.74, 6) is 0.993. The lowest BCUT2D eigenvalue weighted by Crippen LogP contribution is -2.13. The smallest absolute Gasteiger partial charge is 0.157 e. The van der Waals surface area contributed by atoms with Crippen LogP contribution in [-0.2, 0) is 0 Å². The number of nitrogens with zero attached hydrogens (tertiary/aromatic N) is 3. The van der Waals surface area contributed by atoms with Crippen LogP contribution < -0.4 is 5.32 Å². The van der Waals surface area contributed by atoms with Crippen LogP contribution in [-0.4, -0.2) is 20.6 Å². The minimum atomic E-state index is 0.393. The van der Waals surface area contributed by atoms with E-state index in [2.05, 4.69) is 29.2 Å². The number of nitrogens with one attached hydrogen (secondary N) is 1. The number of anilines is 1. The molecule has 4 heteroatoms. The molecule has 0 saturated heterocycles. The van der Waals surface area contributed by atoms with Gasteiger partial charge in [-0.3, -0.25) is 0 Å². The van der Waals surface area contributed by atoms with Crippen molar-refractivity contribution in [2.75, 3.05) is 5.32 Å². The molecule has 0 amide bonds. The lowest BCUT2D eigenvalue weighted by atomic mass is 10.3. The van der Waals surface area contributed by atoms with E-state index in [1.54, 1.807) is 6.20 Å². The molecule has 0 saturated carbocycles. The van der Waals surface area contributed by atoms with E-state index in [1.165, 1.54) is 0 Å². The Morgan fingerprint density at radius 1 is 1.43 bits per heavy atom. The van der Waals surface area contributed by atoms with Gasteiger partial charge in [0.25, 0.3) is 0 Å². The minimum Gasteiger partial charge on any atom is -0.368 e. The molecule has 0 unspecified atom stereocenters. The predicted octanol–water partition coefficient (Wildman–Crippen LogP) is 1.86. The number of hydrogen-bond donors (Lipinski definition) is 1. The molecule has 0 atom stereocenters. The van der Waals surface area contributed by atoms with Gasteiger partial charge in [0.1, 0.15) is 5.82 Å². The Kier molecular flexibility index (Phi) is 2.11. The van der Waals surface area contributed by atoms with Gasteiger partial charge in [-0.25, -0.2) is 4.98 Å². The Balaban J connectivity index is 2.55. The molecule has 0 spiro atoms. The maximum absolute atomic E-state index is 4.36. The summed E-state index contributed by atoms with van der Waals surface area (Å²) in [4.78, 5) is 4.36. The maximum Gasteiger partial charge on any atom is 0.157 e. The summed E-state index contributed by atoms with van der Waals surface area (Å²) in [6, 6.07) is 4.29. The zero-order valence-corrected chi connectivity index (χ0v) is 8.65. The SMILES string of the molecule is Cc1cc(NC(C)C)n2nccc2n1. The van der Waals surface area contributed by atoms with Crippen LogP contribution in [0.2, 0.25) is 0 Å². The molecule has 0 aliphatic rings. The molecule has 0 fully saturated rings. The summed E-state index contributed by atoms with van der Waals surface area (Å²) >= 11 is 0. The van der Waals surface area contributed by atoms with Gasteiger partial charge in [0.2, 0.25) is 0 Å². The van der Waals surface area contributed by atoms with Crippen LogP contribution >= 0.6 is 0 Å². The highest BCUT2D eigenvalue weighted by Gasteiger charge is 2.04. The minimum absolute atomic E-state index is 0.393. The number of aryl methyl sites for hydroxylation is 1. The van der Waals surface area contributed by atoms with Crippen molar-refractivity contribution in [3.63, 3.8) is 0 Å². The topological polar surface area (TPSA) is 42.2 Å². The Morgan fingerprint density at radius 3 is 2.93 bits per heavy atom. The van der Waals surface area contributed by atoms with Crippen LogP contribution in [0.25, 0.3) is 5.65 Å². The fraction of sp³-hybridized carbons (Fsp3) is 0.400. The molecule has 2 aromatic heterocycles. The van der Waals surface area contributed by atoms with Crippen molar-refractivity contribution in [1.29, 1.82) is 0 Å². The van der Waals surface area contributed by atoms with Crippen molar-refractivity contribution in [2.45, 2.75) is 26.8 Å². The van der Waals surface area contributed by atoms with Gasteiger partial charge in [-0.05, 0) is 20.8 Å². The Labute approximate surface area is 83.0 Å². The van der Waals surface area contributed by atoms with Gasteiger partial charge in [-0.1, -0.05) is 0 Å². The molecule has 0 bridgehead atoms. The first-order chi connectivity index (χ1) is 6.66. The number of hydrogen-bond acceptors (Lipinski definition) is 3. The molecule has 0 aliphatic carbocycles. The summed E-state index contributed by atoms with van der Waals surface area (Å²) in [7, 11) is 0. The maximum atomic E-state index is 4.36. The van der Waals surface area contributed by atoms with Crippen LogP contribution in [0, 0.1) is 6.92 Å². The summed E-state index contributed by atoms with van der Waals surface area (Å²) in [6.07, 6.45) is 1.76. The second kappa shape index (κ2) is 3.29. The highest BCUT2D eigenvalue weighted by Crippen LogP contribution is 2.12. The van der Waals surface area contributed by atoms with E-state index in [-0.39, 0.29) is 0 Å². The van der Waals surface area contributed by atoms with Crippen LogP contribution in [0.4, 0.5) is 5.82 Å². The van der Waals surface area contributed by atoms with Crippen molar-refractivity contribution in [3.05, 3.63) is 24.0 Å². The zero-order chi connectivity index (χ0) is 10.1. The molecule has 0 aliphatic heterocycles. The van der Waals surface area contributed by atoms with Gasteiger partial charge in [-0.15, -0.1) is 0 Å². The van der Waals surface area contributed by atoms with Crippen molar-refractivity contribution >= 4 is 11.5 Å². The molecule has 14 heavy (non-hydrogen) atoms. The Bertz CT molecular complexity index is 444. The first kappa shape index (κ1) is 8.99. The lowest BCUT2D eigenvalue weighted by molar-refractivity contribution is 0.848. The number of rotatable bonds is 2. The van der Waals surface area contributed by atoms with Gasteiger partial charge in [0, 0.05) is 23.9 Å². The average molecular weight is 190 g/mol. The second-order valence-electron chi connectivity index (χ2n) is 3.68. The molecule has 1 N–H and O–H groups in total. The first-order valence-corrected chi connectivity index (χ1v) is 4.75. The molecule has 2 heterocycles. The van der Waals surface area contributed by atoms with Gasteiger partial charge < -0.3 is 5.32 Å². The largest absolute Gasteiger partial charge is 0.368 e. The monoisotopic (exact) mass is 190 g/mol. The van der Waals surface area contributed by atoms with E-state index in [9.17, 15) is 0 Å². The van der Waals surface area contributed by atoms with E-state index in [0.29, 0.717) is 6.04 Å². The van der Waals surface area contributed by atoms with Crippen molar-refractivity contribution < 1.29 is 0 Å². The molecule has 2 aromatic rings. The average Bonchev–Trinajstić information content (AvgIpc) is 2.50. The van der Waals surface area contributed by atoms with Crippen LogP contribution in [0.5, 0.6) is 0 Å². The van der Waals surface area contributed by atoms with Gasteiger partial charge in [0.15, 0.2) is 5.65 Å². The summed E-state index contributed by atoms with van der Waals surface area (Å²) in [5.41, 5.74) is 1.88. The molecule has 74 valence electrons. The fourth-order valence-electron chi connectivity index (χ4n) is 1.44. The van der Waals surface area contributed by atoms with Crippen LogP contribution in [0.15, 0.2) is 18.3 Å². The zero-order valence-electron chi connectivity index (χ0n) is 8.65. The van der Waals surface area contributed by atoms with Crippen molar-refractivity contribution in [2.24, 2.45) is 0 Å². The van der Waals surface area contributed by atoms with Crippen molar-refractivity contribution in [3.8, 4) is 0 Å². The van der Waals surface area contributed by atoms with E-state index in [1.807, 2.05) is 23.6 Å². The summed E-state index contributed by atoms with van der Waals surface area (Å²) in [6.45, 7) is 6.19. The summed E-state index contributed by atoms with van der Waals surface area (Å²) < 4.78 is 1.81. The molecule has 4 nitrogen and oxygen atoms in total. The third-order valence-corrected chi connectivity index (χ3v) is 1.92. The van der Waals surface area contributed by atoms with Crippen molar-refractivity contribution in [1.82, 2.24) is 14.6 Å². The Morgan fingerprint density at radius 2 is 2.21 bits per heavy atom. The second-order valence-corrected chi connectivity index (χ2v) is 3.68. The van der Waals surface area contributed by atoms with Gasteiger partial charge >= 0.3 is 0 Å². The standard InChI is InChI=1S/C10H14N4/c1-7(2)12-10-6-8(3)13-9-4-5-11-14(9)10/h4-7,12H,1-3H3. The molecular weight excluding hydrogens is 176 g/mol. The molecule has 2 rings (SSSR count). The van der Waals surface area contributed by atoms with Crippen LogP contribution in [0.1, 0.15) is 19.5 Å². The molecule has 0 radical (unpaired) electrons. The van der Waals surface area contributed by atoms with E-state index in [0.717, 1.165) is 17.2 Å². The van der Waals surface area contributed by atoms with Gasteiger partial charge in [-0.2, -0.15) is 9.61 Å². The summed E-state index contributed by atoms with van der Waals surface area (Å²) in [5, 5.41) is 7.54. The lowest BCUT2D eigenvalue weighted by Gasteiger charge is -2.11. The number of fused-ring (bicyclic) bond motifs is 1. The number of aromatic nitrogens is 3. The Hall–Kier alpha value is -1.58. The quantitative estimate of drug-likeness (QED) is 0.786. The molecular formula is C10H14N4. The van der Waals surface area contributed by atoms with Gasteiger partial charge in [0.05, 0.1) is 6.20 Å². The fourth-order valence-corrected chi connectivity index (χ4v) is 1.44. The predicted molar refractivity (Wildman–Crippen MR) is 56.5 cm³/mol. The third-order valence-electron chi connectivity index (χ3n) is 1.92. The normalized spacial score (nSPS) is 11.1.